The lowest BCUT2D eigenvalue weighted by atomic mass is 9.71. The molecule has 0 aromatic carbocycles. The van der Waals surface area contributed by atoms with E-state index in [4.69, 9.17) is 10.2 Å². The first-order chi connectivity index (χ1) is 12.0. The lowest BCUT2D eigenvalue weighted by Crippen LogP contribution is -2.63. The zero-order valence-corrected chi connectivity index (χ0v) is 14.8. The molecule has 2 bridgehead atoms. The first-order valence-electron chi connectivity index (χ1n) is 9.66. The van der Waals surface area contributed by atoms with Crippen LogP contribution in [0.2, 0.25) is 0 Å². The number of piperidine rings is 4. The predicted octanol–water partition coefficient (Wildman–Crippen LogP) is 2.06. The van der Waals surface area contributed by atoms with Gasteiger partial charge in [-0.3, -0.25) is 9.80 Å². The van der Waals surface area contributed by atoms with Crippen LogP contribution in [0.4, 0.5) is 0 Å². The van der Waals surface area contributed by atoms with Crippen molar-refractivity contribution in [3.8, 4) is 0 Å². The molecule has 2 N–H and O–H groups in total. The number of aliphatic carboxylic acids is 2. The molecule has 4 atom stereocenters. The zero-order chi connectivity index (χ0) is 17.8. The van der Waals surface area contributed by atoms with E-state index in [-0.39, 0.29) is 0 Å². The molecule has 140 valence electrons. The van der Waals surface area contributed by atoms with E-state index >= 15 is 0 Å². The molecule has 25 heavy (non-hydrogen) atoms. The SMILES string of the molecule is C1CCN2C[C@H]3C[C@@H](CN4CCCC[C@@H]34)[C@H]2C1.O=C(O)/C=C/C(=O)O. The number of hydrogen-bond donors (Lipinski definition) is 2. The Balaban J connectivity index is 0.000000197. The van der Waals surface area contributed by atoms with Gasteiger partial charge in [-0.2, -0.15) is 0 Å². The second-order valence-electron chi connectivity index (χ2n) is 7.88. The standard InChI is InChI=1S/C15H26N2.C4H4O4/c1-3-7-16-11-13-9-12(14(16)5-1)10-17-8-4-2-6-15(13)17;5-3(6)1-2-4(7)8/h12-15H,1-11H2;1-2H,(H,5,6)(H,7,8)/b;2-1+/t12-,13+,14+,15-;. The molecule has 4 aliphatic rings. The monoisotopic (exact) mass is 350 g/mol. The lowest BCUT2D eigenvalue weighted by Gasteiger charge is -2.57. The smallest absolute Gasteiger partial charge is 0.328 e. The predicted molar refractivity (Wildman–Crippen MR) is 94.4 cm³/mol. The van der Waals surface area contributed by atoms with Gasteiger partial charge in [0.05, 0.1) is 0 Å². The van der Waals surface area contributed by atoms with Gasteiger partial charge in [0.25, 0.3) is 0 Å². The number of carboxylic acid groups (broad SMARTS) is 2. The molecule has 4 aliphatic heterocycles. The number of rotatable bonds is 2. The molecule has 6 nitrogen and oxygen atoms in total. The second-order valence-corrected chi connectivity index (χ2v) is 7.88. The summed E-state index contributed by atoms with van der Waals surface area (Å²) in [7, 11) is 0. The van der Waals surface area contributed by atoms with Gasteiger partial charge in [0.1, 0.15) is 0 Å². The van der Waals surface area contributed by atoms with E-state index in [1.54, 1.807) is 6.42 Å². The average molecular weight is 350 g/mol. The van der Waals surface area contributed by atoms with Crippen LogP contribution >= 0.6 is 0 Å². The Kier molecular flexibility index (Phi) is 6.12. The molecule has 0 unspecified atom stereocenters. The highest BCUT2D eigenvalue weighted by atomic mass is 16.4. The van der Waals surface area contributed by atoms with Gasteiger partial charge in [-0.25, -0.2) is 9.59 Å². The van der Waals surface area contributed by atoms with Crippen LogP contribution in [-0.4, -0.2) is 70.2 Å². The maximum Gasteiger partial charge on any atom is 0.328 e. The molecular weight excluding hydrogens is 320 g/mol. The van der Waals surface area contributed by atoms with Crippen molar-refractivity contribution >= 4 is 11.9 Å². The highest BCUT2D eigenvalue weighted by Crippen LogP contribution is 2.42. The first kappa shape index (κ1) is 18.4. The van der Waals surface area contributed by atoms with Gasteiger partial charge >= 0.3 is 11.9 Å². The summed E-state index contributed by atoms with van der Waals surface area (Å²) < 4.78 is 0. The van der Waals surface area contributed by atoms with Crippen LogP contribution in [0.5, 0.6) is 0 Å². The van der Waals surface area contributed by atoms with Crippen molar-refractivity contribution < 1.29 is 19.8 Å². The fraction of sp³-hybridized carbons (Fsp3) is 0.789. The highest BCUT2D eigenvalue weighted by Gasteiger charge is 2.46. The van der Waals surface area contributed by atoms with Crippen LogP contribution in [0.1, 0.15) is 44.9 Å². The third kappa shape index (κ3) is 4.61. The third-order valence-electron chi connectivity index (χ3n) is 6.33. The summed E-state index contributed by atoms with van der Waals surface area (Å²) in [6.07, 6.45) is 11.6. The van der Waals surface area contributed by atoms with Crippen LogP contribution in [0, 0.1) is 11.8 Å². The summed E-state index contributed by atoms with van der Waals surface area (Å²) in [5.41, 5.74) is 0. The molecule has 0 aromatic heterocycles. The van der Waals surface area contributed by atoms with Gasteiger partial charge in [-0.1, -0.05) is 12.8 Å². The number of carboxylic acids is 2. The van der Waals surface area contributed by atoms with Crippen molar-refractivity contribution in [3.63, 3.8) is 0 Å². The Morgan fingerprint density at radius 3 is 1.60 bits per heavy atom. The van der Waals surface area contributed by atoms with E-state index < -0.39 is 11.9 Å². The molecule has 4 rings (SSSR count). The van der Waals surface area contributed by atoms with E-state index in [0.717, 1.165) is 23.9 Å². The number of fused-ring (bicyclic) bond motifs is 6. The molecule has 4 heterocycles. The Bertz CT molecular complexity index is 478. The Morgan fingerprint density at radius 1 is 0.760 bits per heavy atom. The molecule has 4 fully saturated rings. The van der Waals surface area contributed by atoms with Gasteiger partial charge in [0, 0.05) is 37.3 Å². The minimum Gasteiger partial charge on any atom is -0.478 e. The molecule has 4 saturated heterocycles. The largest absolute Gasteiger partial charge is 0.478 e. The molecular formula is C19H30N2O4. The molecule has 0 radical (unpaired) electrons. The summed E-state index contributed by atoms with van der Waals surface area (Å²) in [5.74, 6) is -0.480. The number of carbonyl (C=O) groups is 2. The highest BCUT2D eigenvalue weighted by molar-refractivity contribution is 5.89. The van der Waals surface area contributed by atoms with Crippen molar-refractivity contribution in [1.82, 2.24) is 9.80 Å². The normalized spacial score (nSPS) is 35.2. The summed E-state index contributed by atoms with van der Waals surface area (Å²) in [4.78, 5) is 24.8. The lowest BCUT2D eigenvalue weighted by molar-refractivity contribution is -0.134. The fourth-order valence-electron chi connectivity index (χ4n) is 5.40. The summed E-state index contributed by atoms with van der Waals surface area (Å²) in [5, 5.41) is 15.6. The quantitative estimate of drug-likeness (QED) is 0.742. The van der Waals surface area contributed by atoms with Crippen LogP contribution in [0.15, 0.2) is 12.2 Å². The average Bonchev–Trinajstić information content (AvgIpc) is 2.61. The second kappa shape index (κ2) is 8.32. The summed E-state index contributed by atoms with van der Waals surface area (Å²) in [6, 6.07) is 1.92. The minimum absolute atomic E-state index is 0.558. The molecule has 0 amide bonds. The van der Waals surface area contributed by atoms with Crippen molar-refractivity contribution in [2.75, 3.05) is 26.2 Å². The van der Waals surface area contributed by atoms with Gasteiger partial charge < -0.3 is 10.2 Å². The van der Waals surface area contributed by atoms with Gasteiger partial charge in [0.15, 0.2) is 0 Å². The summed E-state index contributed by atoms with van der Waals surface area (Å²) >= 11 is 0. The first-order valence-corrected chi connectivity index (χ1v) is 9.66. The van der Waals surface area contributed by atoms with Crippen LogP contribution < -0.4 is 0 Å². The topological polar surface area (TPSA) is 81.1 Å². The number of nitrogens with zero attached hydrogens (tertiary/aromatic N) is 2. The van der Waals surface area contributed by atoms with Crippen LogP contribution in [0.25, 0.3) is 0 Å². The Morgan fingerprint density at radius 2 is 1.20 bits per heavy atom. The van der Waals surface area contributed by atoms with Crippen molar-refractivity contribution in [1.29, 1.82) is 0 Å². The summed E-state index contributed by atoms with van der Waals surface area (Å²) in [6.45, 7) is 5.68. The van der Waals surface area contributed by atoms with Crippen molar-refractivity contribution in [3.05, 3.63) is 12.2 Å². The maximum atomic E-state index is 9.55. The Hall–Kier alpha value is -1.40. The van der Waals surface area contributed by atoms with E-state index in [2.05, 4.69) is 9.80 Å². The molecule has 0 saturated carbocycles. The van der Waals surface area contributed by atoms with Gasteiger partial charge in [-0.15, -0.1) is 0 Å². The fourth-order valence-corrected chi connectivity index (χ4v) is 5.40. The van der Waals surface area contributed by atoms with E-state index in [9.17, 15) is 9.59 Å². The van der Waals surface area contributed by atoms with E-state index in [1.807, 2.05) is 0 Å². The third-order valence-corrected chi connectivity index (χ3v) is 6.33. The molecule has 0 aliphatic carbocycles. The maximum absolute atomic E-state index is 9.55. The van der Waals surface area contributed by atoms with E-state index in [1.165, 1.54) is 64.7 Å². The van der Waals surface area contributed by atoms with E-state index in [0.29, 0.717) is 12.2 Å². The molecule has 6 heteroatoms. The van der Waals surface area contributed by atoms with Gasteiger partial charge in [0.2, 0.25) is 0 Å². The van der Waals surface area contributed by atoms with Crippen molar-refractivity contribution in [2.45, 2.75) is 57.0 Å². The minimum atomic E-state index is -1.26. The van der Waals surface area contributed by atoms with Crippen molar-refractivity contribution in [2.24, 2.45) is 11.8 Å². The van der Waals surface area contributed by atoms with Crippen LogP contribution in [0.3, 0.4) is 0 Å². The van der Waals surface area contributed by atoms with Gasteiger partial charge in [-0.05, 0) is 57.0 Å². The van der Waals surface area contributed by atoms with Crippen LogP contribution in [-0.2, 0) is 9.59 Å². The number of hydrogen-bond acceptors (Lipinski definition) is 4. The zero-order valence-electron chi connectivity index (χ0n) is 14.8. The molecule has 0 aromatic rings. The Labute approximate surface area is 149 Å². The molecule has 0 spiro atoms.